The van der Waals surface area contributed by atoms with Crippen molar-refractivity contribution in [3.8, 4) is 0 Å². The zero-order chi connectivity index (χ0) is 16.7. The Balaban J connectivity index is 2.66. The van der Waals surface area contributed by atoms with E-state index in [0.717, 1.165) is 16.8 Å². The minimum Gasteiger partial charge on any atom is -0.389 e. The SMILES string of the molecule is COCC(O)CN(C)CC(=O)Nc1c(C)cccc1C(C)C. The highest BCUT2D eigenvalue weighted by Crippen LogP contribution is 2.27. The second-order valence-corrected chi connectivity index (χ2v) is 6.05. The van der Waals surface area contributed by atoms with E-state index in [1.54, 1.807) is 19.1 Å². The number of aliphatic hydroxyl groups excluding tert-OH is 1. The quantitative estimate of drug-likeness (QED) is 0.771. The molecule has 0 heterocycles. The van der Waals surface area contributed by atoms with Crippen molar-refractivity contribution in [1.82, 2.24) is 4.90 Å². The summed E-state index contributed by atoms with van der Waals surface area (Å²) in [4.78, 5) is 14.0. The minimum absolute atomic E-state index is 0.0803. The first-order chi connectivity index (χ1) is 10.3. The fourth-order valence-corrected chi connectivity index (χ4v) is 2.44. The molecule has 0 aliphatic rings. The van der Waals surface area contributed by atoms with E-state index in [1.807, 2.05) is 25.1 Å². The molecule has 124 valence electrons. The number of hydrogen-bond acceptors (Lipinski definition) is 4. The van der Waals surface area contributed by atoms with Gasteiger partial charge in [0, 0.05) is 19.3 Å². The van der Waals surface area contributed by atoms with Crippen LogP contribution in [0.25, 0.3) is 0 Å². The van der Waals surface area contributed by atoms with E-state index in [9.17, 15) is 9.90 Å². The van der Waals surface area contributed by atoms with E-state index < -0.39 is 6.10 Å². The first kappa shape index (κ1) is 18.6. The fraction of sp³-hybridized carbons (Fsp3) is 0.588. The van der Waals surface area contributed by atoms with Gasteiger partial charge in [0.2, 0.25) is 5.91 Å². The highest BCUT2D eigenvalue weighted by atomic mass is 16.5. The van der Waals surface area contributed by atoms with Crippen LogP contribution in [0.5, 0.6) is 0 Å². The number of anilines is 1. The van der Waals surface area contributed by atoms with Gasteiger partial charge in [-0.15, -0.1) is 0 Å². The first-order valence-electron chi connectivity index (χ1n) is 7.60. The van der Waals surface area contributed by atoms with Gasteiger partial charge in [0.25, 0.3) is 0 Å². The van der Waals surface area contributed by atoms with Crippen LogP contribution in [0.1, 0.15) is 30.9 Å². The molecule has 1 unspecified atom stereocenters. The van der Waals surface area contributed by atoms with Crippen molar-refractivity contribution in [1.29, 1.82) is 0 Å². The molecule has 0 bridgehead atoms. The van der Waals surface area contributed by atoms with Gasteiger partial charge in [-0.25, -0.2) is 0 Å². The van der Waals surface area contributed by atoms with Gasteiger partial charge in [-0.05, 0) is 31.0 Å². The standard InChI is InChI=1S/C17H28N2O3/c1-12(2)15-8-6-7-13(3)17(15)18-16(21)10-19(4)9-14(20)11-22-5/h6-8,12,14,20H,9-11H2,1-5H3,(H,18,21). The lowest BCUT2D eigenvalue weighted by Gasteiger charge is -2.21. The Morgan fingerprint density at radius 2 is 2.09 bits per heavy atom. The molecule has 1 aromatic rings. The summed E-state index contributed by atoms with van der Waals surface area (Å²) in [5, 5.41) is 12.7. The van der Waals surface area contributed by atoms with Crippen LogP contribution in [0.2, 0.25) is 0 Å². The van der Waals surface area contributed by atoms with Crippen LogP contribution >= 0.6 is 0 Å². The second kappa shape index (κ2) is 8.88. The molecule has 0 aliphatic heterocycles. The molecule has 1 amide bonds. The average Bonchev–Trinajstić information content (AvgIpc) is 2.40. The summed E-state index contributed by atoms with van der Waals surface area (Å²) in [5.74, 6) is 0.264. The largest absolute Gasteiger partial charge is 0.389 e. The summed E-state index contributed by atoms with van der Waals surface area (Å²) in [6.45, 7) is 7.10. The van der Waals surface area contributed by atoms with Crippen molar-refractivity contribution >= 4 is 11.6 Å². The summed E-state index contributed by atoms with van der Waals surface area (Å²) >= 11 is 0. The molecule has 0 fully saturated rings. The molecule has 5 heteroatoms. The molecule has 0 radical (unpaired) electrons. The number of rotatable bonds is 8. The van der Waals surface area contributed by atoms with Gasteiger partial charge in [0.15, 0.2) is 0 Å². The predicted molar refractivity (Wildman–Crippen MR) is 89.3 cm³/mol. The summed E-state index contributed by atoms with van der Waals surface area (Å²) in [7, 11) is 3.35. The number of hydrogen-bond donors (Lipinski definition) is 2. The Morgan fingerprint density at radius 3 is 2.68 bits per heavy atom. The van der Waals surface area contributed by atoms with E-state index in [-0.39, 0.29) is 19.1 Å². The topological polar surface area (TPSA) is 61.8 Å². The monoisotopic (exact) mass is 308 g/mol. The summed E-state index contributed by atoms with van der Waals surface area (Å²) in [6, 6.07) is 6.04. The lowest BCUT2D eigenvalue weighted by atomic mass is 9.98. The lowest BCUT2D eigenvalue weighted by molar-refractivity contribution is -0.117. The van der Waals surface area contributed by atoms with Crippen molar-refractivity contribution in [2.75, 3.05) is 39.2 Å². The van der Waals surface area contributed by atoms with Gasteiger partial charge in [0.1, 0.15) is 0 Å². The van der Waals surface area contributed by atoms with Crippen molar-refractivity contribution in [3.63, 3.8) is 0 Å². The van der Waals surface area contributed by atoms with Gasteiger partial charge in [0.05, 0.1) is 19.3 Å². The highest BCUT2D eigenvalue weighted by Gasteiger charge is 2.15. The van der Waals surface area contributed by atoms with Crippen molar-refractivity contribution in [2.24, 2.45) is 0 Å². The fourth-order valence-electron chi connectivity index (χ4n) is 2.44. The maximum atomic E-state index is 12.2. The van der Waals surface area contributed by atoms with Gasteiger partial charge >= 0.3 is 0 Å². The number of nitrogens with one attached hydrogen (secondary N) is 1. The normalized spacial score (nSPS) is 12.7. The van der Waals surface area contributed by atoms with Crippen LogP contribution in [-0.2, 0) is 9.53 Å². The van der Waals surface area contributed by atoms with Crippen LogP contribution in [-0.4, -0.2) is 55.9 Å². The third kappa shape index (κ3) is 5.75. The Hall–Kier alpha value is -1.43. The number of ether oxygens (including phenoxy) is 1. The third-order valence-electron chi connectivity index (χ3n) is 3.49. The molecule has 0 saturated heterocycles. The molecular weight excluding hydrogens is 280 g/mol. The summed E-state index contributed by atoms with van der Waals surface area (Å²) < 4.78 is 4.89. The number of aliphatic hydroxyl groups is 1. The highest BCUT2D eigenvalue weighted by molar-refractivity contribution is 5.93. The Labute approximate surface area is 133 Å². The zero-order valence-electron chi connectivity index (χ0n) is 14.2. The molecule has 1 atom stereocenters. The number of carbonyl (C=O) groups is 1. The van der Waals surface area contributed by atoms with Crippen LogP contribution in [0.15, 0.2) is 18.2 Å². The smallest absolute Gasteiger partial charge is 0.238 e. The molecule has 5 nitrogen and oxygen atoms in total. The molecule has 2 N–H and O–H groups in total. The molecule has 1 rings (SSSR count). The van der Waals surface area contributed by atoms with E-state index in [0.29, 0.717) is 12.5 Å². The van der Waals surface area contributed by atoms with Crippen LogP contribution in [0.3, 0.4) is 0 Å². The molecule has 22 heavy (non-hydrogen) atoms. The molecule has 0 spiro atoms. The Kier molecular flexibility index (Phi) is 7.51. The van der Waals surface area contributed by atoms with Crippen LogP contribution in [0, 0.1) is 6.92 Å². The predicted octanol–water partition coefficient (Wildman–Crippen LogP) is 2.00. The number of methoxy groups -OCH3 is 1. The maximum absolute atomic E-state index is 12.2. The Bertz CT molecular complexity index is 489. The van der Waals surface area contributed by atoms with Gasteiger partial charge in [-0.2, -0.15) is 0 Å². The molecule has 0 saturated carbocycles. The molecule has 0 aliphatic carbocycles. The average molecular weight is 308 g/mol. The van der Waals surface area contributed by atoms with Crippen molar-refractivity contribution < 1.29 is 14.6 Å². The number of para-hydroxylation sites is 1. The van der Waals surface area contributed by atoms with Gasteiger partial charge in [-0.3, -0.25) is 9.69 Å². The van der Waals surface area contributed by atoms with E-state index in [1.165, 1.54) is 0 Å². The van der Waals surface area contributed by atoms with E-state index in [2.05, 4.69) is 19.2 Å². The van der Waals surface area contributed by atoms with Crippen LogP contribution < -0.4 is 5.32 Å². The number of amides is 1. The van der Waals surface area contributed by atoms with Gasteiger partial charge in [-0.1, -0.05) is 32.0 Å². The van der Waals surface area contributed by atoms with Crippen molar-refractivity contribution in [3.05, 3.63) is 29.3 Å². The summed E-state index contributed by atoms with van der Waals surface area (Å²) in [6.07, 6.45) is -0.590. The second-order valence-electron chi connectivity index (χ2n) is 6.05. The number of benzene rings is 1. The van der Waals surface area contributed by atoms with E-state index >= 15 is 0 Å². The molecule has 0 aromatic heterocycles. The molecule has 1 aromatic carbocycles. The lowest BCUT2D eigenvalue weighted by Crippen LogP contribution is -2.37. The summed E-state index contributed by atoms with van der Waals surface area (Å²) in [5.41, 5.74) is 3.09. The molecular formula is C17H28N2O3. The number of nitrogens with zero attached hydrogens (tertiary/aromatic N) is 1. The number of aryl methyl sites for hydroxylation is 1. The third-order valence-corrected chi connectivity index (χ3v) is 3.49. The minimum atomic E-state index is -0.590. The van der Waals surface area contributed by atoms with Crippen LogP contribution in [0.4, 0.5) is 5.69 Å². The van der Waals surface area contributed by atoms with E-state index in [4.69, 9.17) is 4.74 Å². The van der Waals surface area contributed by atoms with Crippen molar-refractivity contribution in [2.45, 2.75) is 32.8 Å². The van der Waals surface area contributed by atoms with Gasteiger partial charge < -0.3 is 15.2 Å². The maximum Gasteiger partial charge on any atom is 0.238 e. The number of carbonyl (C=O) groups excluding carboxylic acids is 1. The number of likely N-dealkylation sites (N-methyl/N-ethyl adjacent to an activating group) is 1. The first-order valence-corrected chi connectivity index (χ1v) is 7.60. The zero-order valence-corrected chi connectivity index (χ0v) is 14.2. The Morgan fingerprint density at radius 1 is 1.41 bits per heavy atom.